The van der Waals surface area contributed by atoms with Gasteiger partial charge in [-0.25, -0.2) is 0 Å². The van der Waals surface area contributed by atoms with Crippen LogP contribution in [0.15, 0.2) is 0 Å². The van der Waals surface area contributed by atoms with Gasteiger partial charge in [-0.1, -0.05) is 39.0 Å². The quantitative estimate of drug-likeness (QED) is 0.419. The lowest BCUT2D eigenvalue weighted by molar-refractivity contribution is -0.144. The highest BCUT2D eigenvalue weighted by atomic mass is 16.5. The van der Waals surface area contributed by atoms with E-state index >= 15 is 0 Å². The number of rotatable bonds is 11. The molecule has 0 N–H and O–H groups in total. The van der Waals surface area contributed by atoms with E-state index in [0.29, 0.717) is 19.2 Å². The van der Waals surface area contributed by atoms with Crippen molar-refractivity contribution in [3.8, 4) is 0 Å². The lowest BCUT2D eigenvalue weighted by Crippen LogP contribution is -2.33. The summed E-state index contributed by atoms with van der Waals surface area (Å²) >= 11 is 0. The molecule has 0 unspecified atom stereocenters. The Kier molecular flexibility index (Phi) is 8.06. The van der Waals surface area contributed by atoms with Crippen LogP contribution in [-0.2, 0) is 9.53 Å². The molecule has 0 bridgehead atoms. The van der Waals surface area contributed by atoms with Crippen molar-refractivity contribution in [2.45, 2.75) is 71.3 Å². The third-order valence-electron chi connectivity index (χ3n) is 3.50. The first-order valence-corrected chi connectivity index (χ1v) is 7.67. The van der Waals surface area contributed by atoms with Crippen LogP contribution in [-0.4, -0.2) is 36.6 Å². The van der Waals surface area contributed by atoms with Crippen molar-refractivity contribution >= 4 is 5.97 Å². The Morgan fingerprint density at radius 2 is 1.78 bits per heavy atom. The molecule has 0 heterocycles. The van der Waals surface area contributed by atoms with Gasteiger partial charge in [-0.05, 0) is 32.7 Å². The Morgan fingerprint density at radius 1 is 1.11 bits per heavy atom. The van der Waals surface area contributed by atoms with Gasteiger partial charge in [0.15, 0.2) is 0 Å². The third-order valence-corrected chi connectivity index (χ3v) is 3.50. The largest absolute Gasteiger partial charge is 0.465 e. The molecule has 1 aliphatic carbocycles. The Labute approximate surface area is 112 Å². The molecule has 106 valence electrons. The Balaban J connectivity index is 2.08. The van der Waals surface area contributed by atoms with Gasteiger partial charge in [-0.15, -0.1) is 0 Å². The summed E-state index contributed by atoms with van der Waals surface area (Å²) in [6, 6.07) is 0.657. The normalized spacial score (nSPS) is 15.1. The van der Waals surface area contributed by atoms with Gasteiger partial charge in [-0.3, -0.25) is 9.69 Å². The van der Waals surface area contributed by atoms with Gasteiger partial charge in [0.05, 0.1) is 13.2 Å². The first kappa shape index (κ1) is 15.5. The number of carbonyl (C=O) groups is 1. The lowest BCUT2D eigenvalue weighted by atomic mass is 10.1. The number of carbonyl (C=O) groups excluding carboxylic acids is 1. The highest BCUT2D eigenvalue weighted by molar-refractivity contribution is 5.71. The number of ether oxygens (including phenoxy) is 1. The minimum Gasteiger partial charge on any atom is -0.465 e. The Hall–Kier alpha value is -0.570. The first-order valence-electron chi connectivity index (χ1n) is 7.67. The third kappa shape index (κ3) is 7.00. The molecule has 0 amide bonds. The van der Waals surface area contributed by atoms with Crippen LogP contribution in [0.5, 0.6) is 0 Å². The average Bonchev–Trinajstić information content (AvgIpc) is 3.16. The molecule has 3 nitrogen and oxygen atoms in total. The van der Waals surface area contributed by atoms with E-state index in [1.807, 2.05) is 6.92 Å². The highest BCUT2D eigenvalue weighted by Gasteiger charge is 2.29. The fourth-order valence-corrected chi connectivity index (χ4v) is 2.30. The molecule has 3 heteroatoms. The molecule has 0 saturated heterocycles. The van der Waals surface area contributed by atoms with Crippen molar-refractivity contribution in [3.63, 3.8) is 0 Å². The van der Waals surface area contributed by atoms with Crippen molar-refractivity contribution < 1.29 is 9.53 Å². The minimum atomic E-state index is -0.0598. The molecular weight excluding hydrogens is 226 g/mol. The maximum atomic E-state index is 11.5. The fraction of sp³-hybridized carbons (Fsp3) is 0.933. The summed E-state index contributed by atoms with van der Waals surface area (Å²) in [7, 11) is 0. The molecule has 0 aromatic carbocycles. The predicted molar refractivity (Wildman–Crippen MR) is 74.6 cm³/mol. The lowest BCUT2D eigenvalue weighted by Gasteiger charge is -2.20. The van der Waals surface area contributed by atoms with Crippen molar-refractivity contribution in [1.29, 1.82) is 0 Å². The molecule has 0 aromatic heterocycles. The smallest absolute Gasteiger partial charge is 0.320 e. The molecule has 0 aromatic rings. The van der Waals surface area contributed by atoms with E-state index < -0.39 is 0 Å². The predicted octanol–water partition coefficient (Wildman–Crippen LogP) is 3.37. The van der Waals surface area contributed by atoms with E-state index in [1.54, 1.807) is 0 Å². The van der Waals surface area contributed by atoms with Crippen molar-refractivity contribution in [1.82, 2.24) is 4.90 Å². The van der Waals surface area contributed by atoms with Crippen LogP contribution in [0.4, 0.5) is 0 Å². The summed E-state index contributed by atoms with van der Waals surface area (Å²) in [5.74, 6) is -0.0598. The van der Waals surface area contributed by atoms with Gasteiger partial charge in [0.1, 0.15) is 0 Å². The summed E-state index contributed by atoms with van der Waals surface area (Å²) in [6.07, 6.45) is 10.4. The summed E-state index contributed by atoms with van der Waals surface area (Å²) < 4.78 is 5.03. The van der Waals surface area contributed by atoms with Gasteiger partial charge in [0, 0.05) is 6.04 Å². The van der Waals surface area contributed by atoms with Crippen LogP contribution in [0.3, 0.4) is 0 Å². The standard InChI is InChI=1S/C15H29NO2/c1-3-5-6-7-8-9-12-16(14-10-11-14)13-15(17)18-4-2/h14H,3-13H2,1-2H3. The maximum Gasteiger partial charge on any atom is 0.320 e. The zero-order chi connectivity index (χ0) is 13.2. The van der Waals surface area contributed by atoms with Gasteiger partial charge < -0.3 is 4.74 Å². The zero-order valence-electron chi connectivity index (χ0n) is 12.1. The average molecular weight is 255 g/mol. The summed E-state index contributed by atoms with van der Waals surface area (Å²) in [4.78, 5) is 13.8. The molecular formula is C15H29NO2. The van der Waals surface area contributed by atoms with Crippen molar-refractivity contribution in [2.75, 3.05) is 19.7 Å². The Bertz CT molecular complexity index is 227. The van der Waals surface area contributed by atoms with Crippen LogP contribution in [0, 0.1) is 0 Å². The Morgan fingerprint density at radius 3 is 2.39 bits per heavy atom. The van der Waals surface area contributed by atoms with Crippen LogP contribution in [0.1, 0.15) is 65.2 Å². The van der Waals surface area contributed by atoms with Crippen LogP contribution in [0.2, 0.25) is 0 Å². The second kappa shape index (κ2) is 9.37. The number of hydrogen-bond donors (Lipinski definition) is 0. The van der Waals surface area contributed by atoms with Crippen molar-refractivity contribution in [2.24, 2.45) is 0 Å². The van der Waals surface area contributed by atoms with E-state index in [-0.39, 0.29) is 5.97 Å². The number of nitrogens with zero attached hydrogens (tertiary/aromatic N) is 1. The summed E-state index contributed by atoms with van der Waals surface area (Å²) in [5.41, 5.74) is 0. The molecule has 1 saturated carbocycles. The topological polar surface area (TPSA) is 29.5 Å². The fourth-order valence-electron chi connectivity index (χ4n) is 2.30. The van der Waals surface area contributed by atoms with Gasteiger partial charge >= 0.3 is 5.97 Å². The van der Waals surface area contributed by atoms with E-state index in [0.717, 1.165) is 6.54 Å². The van der Waals surface area contributed by atoms with Crippen molar-refractivity contribution in [3.05, 3.63) is 0 Å². The second-order valence-corrected chi connectivity index (χ2v) is 5.27. The molecule has 0 aliphatic heterocycles. The van der Waals surface area contributed by atoms with Gasteiger partial charge in [0.2, 0.25) is 0 Å². The van der Waals surface area contributed by atoms with E-state index in [4.69, 9.17) is 4.74 Å². The second-order valence-electron chi connectivity index (χ2n) is 5.27. The maximum absolute atomic E-state index is 11.5. The number of hydrogen-bond acceptors (Lipinski definition) is 3. The highest BCUT2D eigenvalue weighted by Crippen LogP contribution is 2.27. The first-order chi connectivity index (χ1) is 8.77. The SMILES string of the molecule is CCCCCCCCN(CC(=O)OCC)C1CC1. The van der Waals surface area contributed by atoms with Crippen LogP contribution in [0.25, 0.3) is 0 Å². The minimum absolute atomic E-state index is 0.0598. The van der Waals surface area contributed by atoms with E-state index in [9.17, 15) is 4.79 Å². The van der Waals surface area contributed by atoms with Gasteiger partial charge in [0.25, 0.3) is 0 Å². The van der Waals surface area contributed by atoms with E-state index in [2.05, 4.69) is 11.8 Å². The van der Waals surface area contributed by atoms with Crippen LogP contribution >= 0.6 is 0 Å². The summed E-state index contributed by atoms with van der Waals surface area (Å²) in [6.45, 7) is 6.17. The molecule has 0 radical (unpaired) electrons. The molecule has 1 fully saturated rings. The monoisotopic (exact) mass is 255 g/mol. The zero-order valence-corrected chi connectivity index (χ0v) is 12.1. The molecule has 1 aliphatic rings. The number of esters is 1. The van der Waals surface area contributed by atoms with Crippen LogP contribution < -0.4 is 0 Å². The number of unbranched alkanes of at least 4 members (excludes halogenated alkanes) is 5. The van der Waals surface area contributed by atoms with E-state index in [1.165, 1.54) is 51.4 Å². The molecule has 1 rings (SSSR count). The molecule has 0 spiro atoms. The molecule has 0 atom stereocenters. The summed E-state index contributed by atoms with van der Waals surface area (Å²) in [5, 5.41) is 0. The van der Waals surface area contributed by atoms with Gasteiger partial charge in [-0.2, -0.15) is 0 Å². The molecule has 18 heavy (non-hydrogen) atoms.